The Morgan fingerprint density at radius 2 is 1.86 bits per heavy atom. The van der Waals surface area contributed by atoms with Crippen LogP contribution in [0.2, 0.25) is 0 Å². The average Bonchev–Trinajstić information content (AvgIpc) is 2.49. The third-order valence-electron chi connectivity index (χ3n) is 3.58. The number of rotatable bonds is 5. The summed E-state index contributed by atoms with van der Waals surface area (Å²) in [5, 5.41) is 0. The molecule has 2 N–H and O–H groups in total. The Hall–Kier alpha value is -0.430. The normalized spacial score (nSPS) is 15.7. The summed E-state index contributed by atoms with van der Waals surface area (Å²) in [7, 11) is 0. The SMILES string of the molecule is Cc1ccc(CSCCN=C(N)N2CCCCC2)cc1.I. The highest BCUT2D eigenvalue weighted by Crippen LogP contribution is 2.13. The van der Waals surface area contributed by atoms with Gasteiger partial charge in [0.2, 0.25) is 0 Å². The molecular weight excluding hydrogens is 393 g/mol. The fourth-order valence-electron chi connectivity index (χ4n) is 2.32. The predicted molar refractivity (Wildman–Crippen MR) is 105 cm³/mol. The van der Waals surface area contributed by atoms with Crippen LogP contribution < -0.4 is 5.73 Å². The zero-order chi connectivity index (χ0) is 14.2. The van der Waals surface area contributed by atoms with Crippen molar-refractivity contribution in [1.29, 1.82) is 0 Å². The van der Waals surface area contributed by atoms with E-state index in [0.29, 0.717) is 0 Å². The summed E-state index contributed by atoms with van der Waals surface area (Å²) in [6, 6.07) is 8.74. The highest BCUT2D eigenvalue weighted by atomic mass is 127. The van der Waals surface area contributed by atoms with Gasteiger partial charge in [0, 0.05) is 24.6 Å². The van der Waals surface area contributed by atoms with Crippen molar-refractivity contribution in [3.05, 3.63) is 35.4 Å². The second-order valence-corrected chi connectivity index (χ2v) is 6.43. The van der Waals surface area contributed by atoms with E-state index in [1.165, 1.54) is 30.4 Å². The molecule has 0 unspecified atom stereocenters. The molecule has 3 nitrogen and oxygen atoms in total. The van der Waals surface area contributed by atoms with Crippen LogP contribution in [0.1, 0.15) is 30.4 Å². The van der Waals surface area contributed by atoms with E-state index < -0.39 is 0 Å². The number of aliphatic imine (C=N–C) groups is 1. The lowest BCUT2D eigenvalue weighted by atomic mass is 10.1. The molecule has 0 aromatic heterocycles. The molecule has 0 amide bonds. The first-order chi connectivity index (χ1) is 9.75. The Morgan fingerprint density at radius 1 is 1.19 bits per heavy atom. The van der Waals surface area contributed by atoms with Gasteiger partial charge in [0.1, 0.15) is 0 Å². The van der Waals surface area contributed by atoms with Crippen molar-refractivity contribution in [3.63, 3.8) is 0 Å². The van der Waals surface area contributed by atoms with Crippen molar-refractivity contribution in [3.8, 4) is 0 Å². The minimum atomic E-state index is 0. The number of nitrogens with two attached hydrogens (primary N) is 1. The van der Waals surface area contributed by atoms with Crippen LogP contribution in [0, 0.1) is 6.92 Å². The molecule has 1 saturated heterocycles. The molecule has 0 atom stereocenters. The molecule has 0 aliphatic carbocycles. The molecule has 0 saturated carbocycles. The Balaban J connectivity index is 0.00000220. The molecule has 0 bridgehead atoms. The first kappa shape index (κ1) is 18.6. The molecule has 0 spiro atoms. The summed E-state index contributed by atoms with van der Waals surface area (Å²) >= 11 is 1.92. The maximum absolute atomic E-state index is 6.03. The Kier molecular flexibility index (Phi) is 9.15. The summed E-state index contributed by atoms with van der Waals surface area (Å²) in [6.45, 7) is 5.09. The van der Waals surface area contributed by atoms with Crippen molar-refractivity contribution in [2.45, 2.75) is 31.9 Å². The number of benzene rings is 1. The molecule has 5 heteroatoms. The standard InChI is InChI=1S/C16H25N3S.HI/c1-14-5-7-15(8-6-14)13-20-12-9-18-16(17)19-10-3-2-4-11-19;/h5-8H,2-4,9-13H2,1H3,(H2,17,18);1H. The largest absolute Gasteiger partial charge is 0.370 e. The molecule has 1 aromatic carbocycles. The highest BCUT2D eigenvalue weighted by Gasteiger charge is 2.11. The average molecular weight is 419 g/mol. The Labute approximate surface area is 149 Å². The summed E-state index contributed by atoms with van der Waals surface area (Å²) in [6.07, 6.45) is 3.83. The molecular formula is C16H26IN3S. The van der Waals surface area contributed by atoms with Gasteiger partial charge in [-0.2, -0.15) is 11.8 Å². The molecule has 118 valence electrons. The van der Waals surface area contributed by atoms with E-state index in [9.17, 15) is 0 Å². The molecule has 1 heterocycles. The molecule has 1 fully saturated rings. The van der Waals surface area contributed by atoms with Crippen molar-refractivity contribution >= 4 is 41.7 Å². The van der Waals surface area contributed by atoms with Crippen molar-refractivity contribution in [1.82, 2.24) is 4.90 Å². The summed E-state index contributed by atoms with van der Waals surface area (Å²) in [5.41, 5.74) is 8.73. The lowest BCUT2D eigenvalue weighted by Gasteiger charge is -2.27. The summed E-state index contributed by atoms with van der Waals surface area (Å²) < 4.78 is 0. The summed E-state index contributed by atoms with van der Waals surface area (Å²) in [4.78, 5) is 6.71. The lowest BCUT2D eigenvalue weighted by molar-refractivity contribution is 0.338. The van der Waals surface area contributed by atoms with Gasteiger partial charge in [-0.15, -0.1) is 24.0 Å². The lowest BCUT2D eigenvalue weighted by Crippen LogP contribution is -2.41. The third-order valence-corrected chi connectivity index (χ3v) is 4.59. The van der Waals surface area contributed by atoms with Gasteiger partial charge >= 0.3 is 0 Å². The minimum absolute atomic E-state index is 0. The van der Waals surface area contributed by atoms with Gasteiger partial charge in [0.05, 0.1) is 6.54 Å². The number of nitrogens with zero attached hydrogens (tertiary/aromatic N) is 2. The highest BCUT2D eigenvalue weighted by molar-refractivity contribution is 14.0. The van der Waals surface area contributed by atoms with E-state index >= 15 is 0 Å². The second kappa shape index (κ2) is 10.3. The molecule has 1 aliphatic rings. The topological polar surface area (TPSA) is 41.6 Å². The van der Waals surface area contributed by atoms with Gasteiger partial charge in [-0.3, -0.25) is 4.99 Å². The maximum atomic E-state index is 6.03. The van der Waals surface area contributed by atoms with Crippen LogP contribution in [0.4, 0.5) is 0 Å². The van der Waals surface area contributed by atoms with E-state index in [0.717, 1.165) is 37.1 Å². The van der Waals surface area contributed by atoms with E-state index in [4.69, 9.17) is 5.73 Å². The molecule has 1 aromatic rings. The zero-order valence-corrected chi connectivity index (χ0v) is 15.9. The number of likely N-dealkylation sites (tertiary alicyclic amines) is 1. The van der Waals surface area contributed by atoms with E-state index in [1.54, 1.807) is 0 Å². The maximum Gasteiger partial charge on any atom is 0.191 e. The third kappa shape index (κ3) is 6.91. The number of thioether (sulfide) groups is 1. The fourth-order valence-corrected chi connectivity index (χ4v) is 3.11. The van der Waals surface area contributed by atoms with E-state index in [-0.39, 0.29) is 24.0 Å². The van der Waals surface area contributed by atoms with Crippen LogP contribution in [0.3, 0.4) is 0 Å². The molecule has 2 rings (SSSR count). The van der Waals surface area contributed by atoms with Crippen LogP contribution in [-0.2, 0) is 5.75 Å². The van der Waals surface area contributed by atoms with Crippen molar-refractivity contribution in [2.75, 3.05) is 25.4 Å². The van der Waals surface area contributed by atoms with Crippen LogP contribution in [0.15, 0.2) is 29.3 Å². The molecule has 1 aliphatic heterocycles. The fraction of sp³-hybridized carbons (Fsp3) is 0.562. The van der Waals surface area contributed by atoms with Gasteiger partial charge in [0.15, 0.2) is 5.96 Å². The second-order valence-electron chi connectivity index (χ2n) is 5.33. The van der Waals surface area contributed by atoms with Gasteiger partial charge in [-0.05, 0) is 31.7 Å². The number of halogens is 1. The zero-order valence-electron chi connectivity index (χ0n) is 12.8. The number of aryl methyl sites for hydroxylation is 1. The van der Waals surface area contributed by atoms with E-state index in [2.05, 4.69) is 41.1 Å². The monoisotopic (exact) mass is 419 g/mol. The smallest absolute Gasteiger partial charge is 0.191 e. The van der Waals surface area contributed by atoms with Crippen LogP contribution >= 0.6 is 35.7 Å². The van der Waals surface area contributed by atoms with Crippen molar-refractivity contribution < 1.29 is 0 Å². The first-order valence-electron chi connectivity index (χ1n) is 7.44. The van der Waals surface area contributed by atoms with Gasteiger partial charge in [-0.25, -0.2) is 0 Å². The predicted octanol–water partition coefficient (Wildman–Crippen LogP) is 3.65. The summed E-state index contributed by atoms with van der Waals surface area (Å²) in [5.74, 6) is 2.82. The quantitative estimate of drug-likeness (QED) is 0.343. The van der Waals surface area contributed by atoms with Gasteiger partial charge in [0.25, 0.3) is 0 Å². The number of hydrogen-bond donors (Lipinski definition) is 1. The van der Waals surface area contributed by atoms with Gasteiger partial charge in [-0.1, -0.05) is 29.8 Å². The number of piperidine rings is 1. The van der Waals surface area contributed by atoms with Crippen LogP contribution in [0.25, 0.3) is 0 Å². The first-order valence-corrected chi connectivity index (χ1v) is 8.59. The van der Waals surface area contributed by atoms with Crippen LogP contribution in [-0.4, -0.2) is 36.2 Å². The number of guanidine groups is 1. The molecule has 21 heavy (non-hydrogen) atoms. The van der Waals surface area contributed by atoms with Crippen molar-refractivity contribution in [2.24, 2.45) is 10.7 Å². The number of hydrogen-bond acceptors (Lipinski definition) is 2. The molecule has 0 radical (unpaired) electrons. The Bertz CT molecular complexity index is 428. The minimum Gasteiger partial charge on any atom is -0.370 e. The van der Waals surface area contributed by atoms with E-state index in [1.807, 2.05) is 11.8 Å². The van der Waals surface area contributed by atoms with Crippen LogP contribution in [0.5, 0.6) is 0 Å². The van der Waals surface area contributed by atoms with Gasteiger partial charge < -0.3 is 10.6 Å². The Morgan fingerprint density at radius 3 is 2.52 bits per heavy atom.